The van der Waals surface area contributed by atoms with E-state index in [4.69, 9.17) is 17.4 Å². The summed E-state index contributed by atoms with van der Waals surface area (Å²) in [5, 5.41) is -0.292. The van der Waals surface area contributed by atoms with Gasteiger partial charge in [0.05, 0.1) is 5.02 Å². The van der Waals surface area contributed by atoms with E-state index in [0.717, 1.165) is 18.2 Å². The van der Waals surface area contributed by atoms with Crippen molar-refractivity contribution in [3.8, 4) is 0 Å². The van der Waals surface area contributed by atoms with Gasteiger partial charge in [0.25, 0.3) is 0 Å². The van der Waals surface area contributed by atoms with Crippen LogP contribution in [0.2, 0.25) is 5.02 Å². The molecule has 1 unspecified atom stereocenters. The molecule has 0 aliphatic heterocycles. The van der Waals surface area contributed by atoms with E-state index in [1.54, 1.807) is 0 Å². The number of halogens is 8. The van der Waals surface area contributed by atoms with E-state index in [1.165, 1.54) is 5.43 Å². The summed E-state index contributed by atoms with van der Waals surface area (Å²) in [5.41, 5.74) is 1.40. The Balaban J connectivity index is 3.07. The van der Waals surface area contributed by atoms with E-state index in [-0.39, 0.29) is 10.6 Å². The van der Waals surface area contributed by atoms with Gasteiger partial charge in [-0.3, -0.25) is 11.3 Å². The van der Waals surface area contributed by atoms with Gasteiger partial charge in [-0.2, -0.15) is 26.3 Å². The first-order valence-electron chi connectivity index (χ1n) is 5.50. The van der Waals surface area contributed by atoms with Crippen LogP contribution in [-0.4, -0.2) is 18.4 Å². The molecule has 1 aromatic carbocycles. The van der Waals surface area contributed by atoms with Gasteiger partial charge in [0.1, 0.15) is 5.82 Å². The van der Waals surface area contributed by atoms with Crippen LogP contribution in [0.1, 0.15) is 5.56 Å². The van der Waals surface area contributed by atoms with Gasteiger partial charge in [-0.25, -0.2) is 4.39 Å². The van der Waals surface area contributed by atoms with Gasteiger partial charge in [0, 0.05) is 6.04 Å². The Hall–Kier alpha value is -1.06. The highest BCUT2D eigenvalue weighted by atomic mass is 35.5. The summed E-state index contributed by atoms with van der Waals surface area (Å²) in [6.45, 7) is 0. The zero-order valence-electron chi connectivity index (χ0n) is 10.2. The van der Waals surface area contributed by atoms with Crippen molar-refractivity contribution in [1.82, 2.24) is 5.43 Å². The first-order valence-corrected chi connectivity index (χ1v) is 5.88. The van der Waals surface area contributed by atoms with Crippen molar-refractivity contribution in [3.63, 3.8) is 0 Å². The normalized spacial score (nSPS) is 14.6. The lowest BCUT2D eigenvalue weighted by atomic mass is 9.92. The summed E-state index contributed by atoms with van der Waals surface area (Å²) in [6.07, 6.45) is -11.9. The molecule has 3 N–H and O–H groups in total. The van der Waals surface area contributed by atoms with E-state index < -0.39 is 36.6 Å². The molecule has 0 amide bonds. The fourth-order valence-electron chi connectivity index (χ4n) is 1.84. The van der Waals surface area contributed by atoms with Crippen molar-refractivity contribution in [1.29, 1.82) is 0 Å². The molecule has 0 saturated carbocycles. The molecular weight excluding hydrogens is 329 g/mol. The Morgan fingerprint density at radius 2 is 1.62 bits per heavy atom. The summed E-state index contributed by atoms with van der Waals surface area (Å²) in [7, 11) is 0. The number of rotatable bonds is 4. The van der Waals surface area contributed by atoms with Gasteiger partial charge in [-0.15, -0.1) is 0 Å². The van der Waals surface area contributed by atoms with Gasteiger partial charge in [0.15, 0.2) is 5.92 Å². The third-order valence-corrected chi connectivity index (χ3v) is 3.07. The smallest absolute Gasteiger partial charge is 0.271 e. The second kappa shape index (κ2) is 6.37. The fourth-order valence-corrected chi connectivity index (χ4v) is 1.95. The lowest BCUT2D eigenvalue weighted by Gasteiger charge is -2.30. The first kappa shape index (κ1) is 18.0. The fraction of sp³-hybridized carbons (Fsp3) is 0.455. The Morgan fingerprint density at radius 1 is 1.10 bits per heavy atom. The molecule has 2 nitrogen and oxygen atoms in total. The number of nitrogens with two attached hydrogens (primary N) is 1. The zero-order valence-corrected chi connectivity index (χ0v) is 11.0. The molecule has 120 valence electrons. The Morgan fingerprint density at radius 3 is 2.00 bits per heavy atom. The van der Waals surface area contributed by atoms with Crippen LogP contribution in [0.4, 0.5) is 30.7 Å². The highest BCUT2D eigenvalue weighted by Gasteiger charge is 2.59. The van der Waals surface area contributed by atoms with Gasteiger partial charge < -0.3 is 0 Å². The van der Waals surface area contributed by atoms with E-state index in [0.29, 0.717) is 0 Å². The second-order valence-corrected chi connectivity index (χ2v) is 4.69. The highest BCUT2D eigenvalue weighted by molar-refractivity contribution is 6.30. The van der Waals surface area contributed by atoms with Crippen LogP contribution in [-0.2, 0) is 6.42 Å². The SMILES string of the molecule is NNC(Cc1ccc(Cl)c(F)c1)C(C(F)(F)F)C(F)(F)F. The lowest BCUT2D eigenvalue weighted by Crippen LogP contribution is -2.54. The molecule has 0 radical (unpaired) electrons. The number of nitrogens with one attached hydrogen (secondary N) is 1. The molecule has 0 saturated heterocycles. The highest BCUT2D eigenvalue weighted by Crippen LogP contribution is 2.42. The number of hydrazine groups is 1. The molecule has 0 aromatic heterocycles. The van der Waals surface area contributed by atoms with Gasteiger partial charge >= 0.3 is 12.4 Å². The summed E-state index contributed by atoms with van der Waals surface area (Å²) >= 11 is 5.38. The maximum Gasteiger partial charge on any atom is 0.402 e. The summed E-state index contributed by atoms with van der Waals surface area (Å²) in [5.74, 6) is 0.197. The summed E-state index contributed by atoms with van der Waals surface area (Å²) in [4.78, 5) is 0. The average Bonchev–Trinajstić information content (AvgIpc) is 2.29. The minimum absolute atomic E-state index is 0.0988. The van der Waals surface area contributed by atoms with E-state index in [2.05, 4.69) is 0 Å². The van der Waals surface area contributed by atoms with Gasteiger partial charge in [-0.05, 0) is 24.1 Å². The van der Waals surface area contributed by atoms with Gasteiger partial charge in [0.2, 0.25) is 0 Å². The molecule has 0 bridgehead atoms. The molecule has 1 rings (SSSR count). The topological polar surface area (TPSA) is 38.0 Å². The molecule has 0 aliphatic carbocycles. The molecule has 0 heterocycles. The van der Waals surface area contributed by atoms with Crippen LogP contribution in [0, 0.1) is 11.7 Å². The molecule has 1 aromatic rings. The van der Waals surface area contributed by atoms with Crippen LogP contribution in [0.15, 0.2) is 18.2 Å². The molecule has 21 heavy (non-hydrogen) atoms. The van der Waals surface area contributed by atoms with Crippen LogP contribution in [0.5, 0.6) is 0 Å². The minimum Gasteiger partial charge on any atom is -0.271 e. The largest absolute Gasteiger partial charge is 0.402 e. The maximum atomic E-state index is 13.2. The van der Waals surface area contributed by atoms with E-state index in [1.807, 2.05) is 0 Å². The van der Waals surface area contributed by atoms with Crippen molar-refractivity contribution in [2.24, 2.45) is 11.8 Å². The lowest BCUT2D eigenvalue weighted by molar-refractivity contribution is -0.291. The van der Waals surface area contributed by atoms with Crippen molar-refractivity contribution in [3.05, 3.63) is 34.6 Å². The third-order valence-electron chi connectivity index (χ3n) is 2.76. The van der Waals surface area contributed by atoms with E-state index in [9.17, 15) is 30.7 Å². The monoisotopic (exact) mass is 338 g/mol. The number of hydrogen-bond donors (Lipinski definition) is 2. The zero-order chi connectivity index (χ0) is 16.4. The standard InChI is InChI=1S/C11H10ClF7N2/c12-6-2-1-5(3-7(6)13)4-8(21-20)9(10(14,15)16)11(17,18)19/h1-3,8-9,21H,4,20H2. The average molecular weight is 339 g/mol. The first-order chi connectivity index (χ1) is 9.46. The van der Waals surface area contributed by atoms with Crippen molar-refractivity contribution in [2.45, 2.75) is 24.8 Å². The molecular formula is C11H10ClF7N2. The molecule has 0 fully saturated rings. The van der Waals surface area contributed by atoms with Crippen LogP contribution in [0.25, 0.3) is 0 Å². The Kier molecular flexibility index (Phi) is 5.46. The second-order valence-electron chi connectivity index (χ2n) is 4.29. The molecule has 1 atom stereocenters. The summed E-state index contributed by atoms with van der Waals surface area (Å²) in [6, 6.07) is 0.733. The molecule has 0 aliphatic rings. The summed E-state index contributed by atoms with van der Waals surface area (Å²) < 4.78 is 88.7. The van der Waals surface area contributed by atoms with Crippen LogP contribution in [0.3, 0.4) is 0 Å². The number of alkyl halides is 6. The minimum atomic E-state index is -5.54. The van der Waals surface area contributed by atoms with Crippen LogP contribution < -0.4 is 11.3 Å². The van der Waals surface area contributed by atoms with Crippen molar-refractivity contribution >= 4 is 11.6 Å². The van der Waals surface area contributed by atoms with Gasteiger partial charge in [-0.1, -0.05) is 17.7 Å². The maximum absolute atomic E-state index is 13.2. The third kappa shape index (κ3) is 4.72. The number of benzene rings is 1. The quantitative estimate of drug-likeness (QED) is 0.500. The Labute approximate surface area is 120 Å². The number of hydrogen-bond acceptors (Lipinski definition) is 2. The van der Waals surface area contributed by atoms with Crippen molar-refractivity contribution in [2.75, 3.05) is 0 Å². The van der Waals surface area contributed by atoms with E-state index >= 15 is 0 Å². The molecule has 0 spiro atoms. The molecule has 10 heteroatoms. The Bertz CT molecular complexity index is 472. The van der Waals surface area contributed by atoms with Crippen LogP contribution >= 0.6 is 11.6 Å². The van der Waals surface area contributed by atoms with Crippen molar-refractivity contribution < 1.29 is 30.7 Å². The predicted molar refractivity (Wildman–Crippen MR) is 61.8 cm³/mol. The predicted octanol–water partition coefficient (Wildman–Crippen LogP) is 3.59.